The van der Waals surface area contributed by atoms with Gasteiger partial charge < -0.3 is 11.1 Å². The number of nitrogens with two attached hydrogens (primary N) is 1. The summed E-state index contributed by atoms with van der Waals surface area (Å²) in [6.45, 7) is 0. The number of Topliss-reactive ketones (excluding diaryl/α,β-unsaturated/α-hetero) is 1. The molecule has 0 spiro atoms. The topological polar surface area (TPSA) is 89.3 Å². The molecule has 0 heterocycles. The second kappa shape index (κ2) is 8.42. The van der Waals surface area contributed by atoms with E-state index in [0.717, 1.165) is 0 Å². The van der Waals surface area contributed by atoms with Crippen molar-refractivity contribution in [2.45, 2.75) is 50.5 Å². The Labute approximate surface area is 161 Å². The molecule has 0 aliphatic heterocycles. The van der Waals surface area contributed by atoms with Gasteiger partial charge in [0, 0.05) is 12.8 Å². The van der Waals surface area contributed by atoms with Gasteiger partial charge >= 0.3 is 12.4 Å². The van der Waals surface area contributed by atoms with Crippen molar-refractivity contribution < 1.29 is 40.7 Å². The standard InChI is InChI=1S/C18H18F6N2O3/c19-17(20,21)11-4-9(5-12(8-11)18(22,23)24)6-14(28)26-15(16(25)29)10-2-1-3-13(27)7-10/h4-5,8,10,15H,1-3,6-7H2,(H2,25,29)(H,26,28)/t10-,15+/m0/s1. The molecule has 1 saturated carbocycles. The molecular weight excluding hydrogens is 406 g/mol. The largest absolute Gasteiger partial charge is 0.416 e. The highest BCUT2D eigenvalue weighted by Gasteiger charge is 2.37. The van der Waals surface area contributed by atoms with Crippen LogP contribution in [0.25, 0.3) is 0 Å². The molecule has 2 rings (SSSR count). The predicted octanol–water partition coefficient (Wildman–Crippen LogP) is 3.00. The highest BCUT2D eigenvalue weighted by Crippen LogP contribution is 2.36. The lowest BCUT2D eigenvalue weighted by molar-refractivity contribution is -0.143. The van der Waals surface area contributed by atoms with Crippen molar-refractivity contribution in [2.24, 2.45) is 11.7 Å². The molecule has 11 heteroatoms. The molecule has 29 heavy (non-hydrogen) atoms. The maximum absolute atomic E-state index is 12.9. The van der Waals surface area contributed by atoms with Crippen LogP contribution in [0.5, 0.6) is 0 Å². The Morgan fingerprint density at radius 1 is 1.07 bits per heavy atom. The molecule has 0 aromatic heterocycles. The smallest absolute Gasteiger partial charge is 0.368 e. The Bertz CT molecular complexity index is 772. The average Bonchev–Trinajstić information content (AvgIpc) is 2.57. The van der Waals surface area contributed by atoms with Crippen LogP contribution in [0.2, 0.25) is 0 Å². The van der Waals surface area contributed by atoms with Crippen molar-refractivity contribution in [3.63, 3.8) is 0 Å². The first-order valence-corrected chi connectivity index (χ1v) is 8.66. The third-order valence-electron chi connectivity index (χ3n) is 4.63. The van der Waals surface area contributed by atoms with E-state index < -0.39 is 59.2 Å². The fourth-order valence-corrected chi connectivity index (χ4v) is 3.30. The van der Waals surface area contributed by atoms with Crippen molar-refractivity contribution in [2.75, 3.05) is 0 Å². The van der Waals surface area contributed by atoms with Gasteiger partial charge in [0.1, 0.15) is 11.8 Å². The van der Waals surface area contributed by atoms with Crippen LogP contribution in [0.3, 0.4) is 0 Å². The average molecular weight is 424 g/mol. The minimum Gasteiger partial charge on any atom is -0.368 e. The van der Waals surface area contributed by atoms with Crippen LogP contribution in [0, 0.1) is 5.92 Å². The van der Waals surface area contributed by atoms with E-state index in [1.807, 2.05) is 0 Å². The third-order valence-corrected chi connectivity index (χ3v) is 4.63. The summed E-state index contributed by atoms with van der Waals surface area (Å²) in [5.74, 6) is -2.59. The van der Waals surface area contributed by atoms with Gasteiger partial charge in [-0.2, -0.15) is 26.3 Å². The van der Waals surface area contributed by atoms with E-state index in [0.29, 0.717) is 31.4 Å². The van der Waals surface area contributed by atoms with Crippen LogP contribution in [0.1, 0.15) is 42.4 Å². The van der Waals surface area contributed by atoms with Crippen molar-refractivity contribution in [3.8, 4) is 0 Å². The van der Waals surface area contributed by atoms with Gasteiger partial charge in [-0.1, -0.05) is 0 Å². The summed E-state index contributed by atoms with van der Waals surface area (Å²) in [4.78, 5) is 35.4. The molecular formula is C18H18F6N2O3. The van der Waals surface area contributed by atoms with Crippen LogP contribution >= 0.6 is 0 Å². The molecule has 1 aromatic rings. The number of carbonyl (C=O) groups is 3. The molecule has 0 bridgehead atoms. The maximum atomic E-state index is 12.9. The zero-order valence-corrected chi connectivity index (χ0v) is 15.0. The van der Waals surface area contributed by atoms with Gasteiger partial charge in [-0.15, -0.1) is 0 Å². The molecule has 2 amide bonds. The first-order chi connectivity index (χ1) is 13.3. The number of primary amides is 1. The summed E-state index contributed by atoms with van der Waals surface area (Å²) >= 11 is 0. The predicted molar refractivity (Wildman–Crippen MR) is 88.2 cm³/mol. The number of nitrogens with one attached hydrogen (secondary N) is 1. The Balaban J connectivity index is 2.22. The summed E-state index contributed by atoms with van der Waals surface area (Å²) in [5.41, 5.74) is 1.65. The highest BCUT2D eigenvalue weighted by atomic mass is 19.4. The Kier molecular flexibility index (Phi) is 6.59. The fourth-order valence-electron chi connectivity index (χ4n) is 3.30. The Morgan fingerprint density at radius 3 is 2.07 bits per heavy atom. The van der Waals surface area contributed by atoms with Crippen LogP contribution in [0.15, 0.2) is 18.2 Å². The van der Waals surface area contributed by atoms with E-state index >= 15 is 0 Å². The summed E-state index contributed by atoms with van der Waals surface area (Å²) in [6, 6.07) is -0.391. The lowest BCUT2D eigenvalue weighted by Crippen LogP contribution is -2.50. The highest BCUT2D eigenvalue weighted by molar-refractivity contribution is 5.89. The van der Waals surface area contributed by atoms with E-state index in [2.05, 4.69) is 5.32 Å². The normalized spacial score (nSPS) is 19.0. The number of carbonyl (C=O) groups excluding carboxylic acids is 3. The second-order valence-electron chi connectivity index (χ2n) is 6.93. The SMILES string of the molecule is NC(=O)[C@H](NC(=O)Cc1cc(C(F)(F)F)cc(C(F)(F)F)c1)[C@H]1CCCC(=O)C1. The van der Waals surface area contributed by atoms with Crippen molar-refractivity contribution in [1.82, 2.24) is 5.32 Å². The molecule has 1 aliphatic carbocycles. The van der Waals surface area contributed by atoms with Gasteiger partial charge in [0.05, 0.1) is 17.5 Å². The monoisotopic (exact) mass is 424 g/mol. The van der Waals surface area contributed by atoms with Crippen LogP contribution in [-0.4, -0.2) is 23.6 Å². The quantitative estimate of drug-likeness (QED) is 0.713. The fraction of sp³-hybridized carbons (Fsp3) is 0.500. The van der Waals surface area contributed by atoms with Crippen LogP contribution in [0.4, 0.5) is 26.3 Å². The van der Waals surface area contributed by atoms with Crippen molar-refractivity contribution >= 4 is 17.6 Å². The molecule has 1 aliphatic rings. The first-order valence-electron chi connectivity index (χ1n) is 8.66. The third kappa shape index (κ3) is 6.20. The van der Waals surface area contributed by atoms with E-state index in [1.54, 1.807) is 0 Å². The zero-order valence-electron chi connectivity index (χ0n) is 15.0. The van der Waals surface area contributed by atoms with E-state index in [-0.39, 0.29) is 18.3 Å². The second-order valence-corrected chi connectivity index (χ2v) is 6.93. The minimum atomic E-state index is -5.04. The Morgan fingerprint density at radius 2 is 1.62 bits per heavy atom. The molecule has 0 radical (unpaired) electrons. The van der Waals surface area contributed by atoms with Gasteiger partial charge in [0.2, 0.25) is 11.8 Å². The summed E-state index contributed by atoms with van der Waals surface area (Å²) in [6.07, 6.45) is -9.63. The van der Waals surface area contributed by atoms with Crippen molar-refractivity contribution in [3.05, 3.63) is 34.9 Å². The minimum absolute atomic E-state index is 0.00959. The molecule has 0 unspecified atom stereocenters. The molecule has 160 valence electrons. The lowest BCUT2D eigenvalue weighted by Gasteiger charge is -2.28. The summed E-state index contributed by atoms with van der Waals surface area (Å²) in [5, 5.41) is 2.24. The number of halogens is 6. The molecule has 1 fully saturated rings. The molecule has 1 aromatic carbocycles. The summed E-state index contributed by atoms with van der Waals surface area (Å²) in [7, 11) is 0. The van der Waals surface area contributed by atoms with Gasteiger partial charge in [-0.05, 0) is 42.5 Å². The lowest BCUT2D eigenvalue weighted by atomic mass is 9.82. The van der Waals surface area contributed by atoms with E-state index in [1.165, 1.54) is 0 Å². The van der Waals surface area contributed by atoms with Gasteiger partial charge in [0.25, 0.3) is 0 Å². The Hall–Kier alpha value is -2.59. The van der Waals surface area contributed by atoms with Crippen LogP contribution in [-0.2, 0) is 33.2 Å². The molecule has 3 N–H and O–H groups in total. The van der Waals surface area contributed by atoms with E-state index in [9.17, 15) is 40.7 Å². The van der Waals surface area contributed by atoms with E-state index in [4.69, 9.17) is 5.73 Å². The first kappa shape index (κ1) is 22.7. The van der Waals surface area contributed by atoms with Gasteiger partial charge in [-0.3, -0.25) is 14.4 Å². The number of hydrogen-bond donors (Lipinski definition) is 2. The molecule has 5 nitrogen and oxygen atoms in total. The number of rotatable bonds is 5. The molecule has 0 saturated heterocycles. The number of hydrogen-bond acceptors (Lipinski definition) is 3. The number of ketones is 1. The van der Waals surface area contributed by atoms with Gasteiger partial charge in [-0.25, -0.2) is 0 Å². The van der Waals surface area contributed by atoms with Gasteiger partial charge in [0.15, 0.2) is 0 Å². The molecule has 2 atom stereocenters. The number of benzene rings is 1. The van der Waals surface area contributed by atoms with Crippen molar-refractivity contribution in [1.29, 1.82) is 0 Å². The number of amides is 2. The summed E-state index contributed by atoms with van der Waals surface area (Å²) < 4.78 is 77.4. The van der Waals surface area contributed by atoms with Crippen LogP contribution < -0.4 is 11.1 Å². The maximum Gasteiger partial charge on any atom is 0.416 e. The number of alkyl halides is 6. The zero-order chi connectivity index (χ0) is 22.0.